The molecule has 0 aromatic heterocycles. The molecule has 1 unspecified atom stereocenters. The Kier molecular flexibility index (Phi) is 6.47. The van der Waals surface area contributed by atoms with E-state index in [1.165, 1.54) is 12.1 Å². The van der Waals surface area contributed by atoms with Gasteiger partial charge in [0.15, 0.2) is 0 Å². The van der Waals surface area contributed by atoms with Gasteiger partial charge in [0.2, 0.25) is 0 Å². The minimum absolute atomic E-state index is 0.404. The Hall–Kier alpha value is -1.54. The minimum atomic E-state index is -4.27. The highest BCUT2D eigenvalue weighted by molar-refractivity contribution is 5.29. The fourth-order valence-corrected chi connectivity index (χ4v) is 3.35. The molecule has 0 saturated carbocycles. The molecule has 1 fully saturated rings. The molecule has 0 bridgehead atoms. The number of unbranched alkanes of at least 4 members (excludes halogenated alkanes) is 1. The van der Waals surface area contributed by atoms with Gasteiger partial charge >= 0.3 is 6.18 Å². The van der Waals surface area contributed by atoms with Crippen LogP contribution in [0.3, 0.4) is 0 Å². The van der Waals surface area contributed by atoms with E-state index in [9.17, 15) is 13.2 Å². The Morgan fingerprint density at radius 1 is 1.26 bits per heavy atom. The molecule has 1 aromatic carbocycles. The highest BCUT2D eigenvalue weighted by atomic mass is 19.4. The van der Waals surface area contributed by atoms with Crippen molar-refractivity contribution in [3.8, 4) is 6.07 Å². The van der Waals surface area contributed by atoms with Crippen LogP contribution in [-0.2, 0) is 12.6 Å². The average molecular weight is 324 g/mol. The summed E-state index contributed by atoms with van der Waals surface area (Å²) in [5, 5.41) is 8.59. The van der Waals surface area contributed by atoms with Gasteiger partial charge in [0.1, 0.15) is 0 Å². The van der Waals surface area contributed by atoms with Crippen LogP contribution in [0.15, 0.2) is 24.3 Å². The first kappa shape index (κ1) is 17.8. The number of benzene rings is 1. The molecule has 1 aliphatic heterocycles. The number of nitriles is 1. The number of alkyl halides is 3. The third kappa shape index (κ3) is 5.54. The van der Waals surface area contributed by atoms with Gasteiger partial charge in [0.25, 0.3) is 0 Å². The fraction of sp³-hybridized carbons (Fsp3) is 0.611. The van der Waals surface area contributed by atoms with E-state index < -0.39 is 11.7 Å². The van der Waals surface area contributed by atoms with Gasteiger partial charge in [-0.05, 0) is 62.7 Å². The summed E-state index contributed by atoms with van der Waals surface area (Å²) in [6.07, 6.45) is 0.627. The Morgan fingerprint density at radius 3 is 2.78 bits per heavy atom. The molecule has 23 heavy (non-hydrogen) atoms. The maximum atomic E-state index is 13.0. The lowest BCUT2D eigenvalue weighted by Gasteiger charge is -2.32. The summed E-state index contributed by atoms with van der Waals surface area (Å²) in [6.45, 7) is 2.91. The predicted octanol–water partition coefficient (Wildman–Crippen LogP) is 4.65. The van der Waals surface area contributed by atoms with Crippen molar-refractivity contribution in [1.82, 2.24) is 4.90 Å². The van der Waals surface area contributed by atoms with Crippen LogP contribution in [0.5, 0.6) is 0 Å². The first-order chi connectivity index (χ1) is 11.0. The van der Waals surface area contributed by atoms with Gasteiger partial charge in [-0.1, -0.05) is 18.2 Å². The zero-order valence-electron chi connectivity index (χ0n) is 13.3. The molecule has 1 heterocycles. The molecular formula is C18H23F3N2. The first-order valence-corrected chi connectivity index (χ1v) is 8.25. The largest absolute Gasteiger partial charge is 0.416 e. The SMILES string of the molecule is N#CCCCN1CCCC(CCc2ccccc2C(F)(F)F)C1. The molecule has 1 atom stereocenters. The molecule has 2 rings (SSSR count). The van der Waals surface area contributed by atoms with Crippen LogP contribution >= 0.6 is 0 Å². The summed E-state index contributed by atoms with van der Waals surface area (Å²) in [6, 6.07) is 8.05. The summed E-state index contributed by atoms with van der Waals surface area (Å²) in [7, 11) is 0. The fourth-order valence-electron chi connectivity index (χ4n) is 3.35. The van der Waals surface area contributed by atoms with Crippen LogP contribution < -0.4 is 0 Å². The third-order valence-corrected chi connectivity index (χ3v) is 4.51. The Balaban J connectivity index is 1.87. The first-order valence-electron chi connectivity index (χ1n) is 8.25. The van der Waals surface area contributed by atoms with Crippen molar-refractivity contribution in [3.05, 3.63) is 35.4 Å². The Bertz CT molecular complexity index is 534. The molecule has 5 heteroatoms. The number of piperidine rings is 1. The van der Waals surface area contributed by atoms with Crippen molar-refractivity contribution in [1.29, 1.82) is 5.26 Å². The van der Waals surface area contributed by atoms with Gasteiger partial charge in [-0.25, -0.2) is 0 Å². The van der Waals surface area contributed by atoms with Gasteiger partial charge < -0.3 is 4.90 Å². The Morgan fingerprint density at radius 2 is 2.04 bits per heavy atom. The molecule has 1 aliphatic rings. The van der Waals surface area contributed by atoms with Crippen LogP contribution in [-0.4, -0.2) is 24.5 Å². The van der Waals surface area contributed by atoms with Crippen molar-refractivity contribution in [2.75, 3.05) is 19.6 Å². The summed E-state index contributed by atoms with van der Waals surface area (Å²) in [5.74, 6) is 0.451. The number of hydrogen-bond acceptors (Lipinski definition) is 2. The number of hydrogen-bond donors (Lipinski definition) is 0. The minimum Gasteiger partial charge on any atom is -0.303 e. The van der Waals surface area contributed by atoms with E-state index in [0.717, 1.165) is 45.3 Å². The molecule has 1 saturated heterocycles. The lowest BCUT2D eigenvalue weighted by molar-refractivity contribution is -0.138. The smallest absolute Gasteiger partial charge is 0.303 e. The number of aryl methyl sites for hydroxylation is 1. The summed E-state index contributed by atoms with van der Waals surface area (Å²) in [4.78, 5) is 2.35. The standard InChI is InChI=1S/C18H23F3N2/c19-18(20,21)17-8-2-1-7-16(17)10-9-15-6-5-13-23(14-15)12-4-3-11-22/h1-2,7-8,15H,3-6,9-10,12-14H2. The highest BCUT2D eigenvalue weighted by Crippen LogP contribution is 2.33. The number of rotatable bonds is 6. The van der Waals surface area contributed by atoms with Crippen molar-refractivity contribution in [2.45, 2.75) is 44.7 Å². The van der Waals surface area contributed by atoms with Crippen molar-refractivity contribution in [2.24, 2.45) is 5.92 Å². The zero-order chi connectivity index (χ0) is 16.7. The summed E-state index contributed by atoms with van der Waals surface area (Å²) in [5.41, 5.74) is -0.0942. The lowest BCUT2D eigenvalue weighted by Crippen LogP contribution is -2.36. The van der Waals surface area contributed by atoms with E-state index in [-0.39, 0.29) is 0 Å². The lowest BCUT2D eigenvalue weighted by atomic mass is 9.90. The number of halogens is 3. The quantitative estimate of drug-likeness (QED) is 0.712. The molecule has 1 aromatic rings. The second-order valence-corrected chi connectivity index (χ2v) is 6.26. The van der Waals surface area contributed by atoms with Crippen LogP contribution in [0.4, 0.5) is 13.2 Å². The van der Waals surface area contributed by atoms with Gasteiger partial charge in [-0.3, -0.25) is 0 Å². The maximum absolute atomic E-state index is 13.0. The van der Waals surface area contributed by atoms with Gasteiger partial charge in [0.05, 0.1) is 11.6 Å². The molecular weight excluding hydrogens is 301 g/mol. The van der Waals surface area contributed by atoms with Crippen LogP contribution in [0.25, 0.3) is 0 Å². The van der Waals surface area contributed by atoms with E-state index in [1.54, 1.807) is 12.1 Å². The monoisotopic (exact) mass is 324 g/mol. The zero-order valence-corrected chi connectivity index (χ0v) is 13.3. The van der Waals surface area contributed by atoms with Gasteiger partial charge in [-0.15, -0.1) is 0 Å². The predicted molar refractivity (Wildman–Crippen MR) is 83.8 cm³/mol. The highest BCUT2D eigenvalue weighted by Gasteiger charge is 2.33. The van der Waals surface area contributed by atoms with E-state index in [4.69, 9.17) is 5.26 Å². The molecule has 0 spiro atoms. The normalized spacial score (nSPS) is 19.5. The molecule has 2 nitrogen and oxygen atoms in total. The average Bonchev–Trinajstić information content (AvgIpc) is 2.53. The van der Waals surface area contributed by atoms with Gasteiger partial charge in [0, 0.05) is 13.0 Å². The number of likely N-dealkylation sites (tertiary alicyclic amines) is 1. The Labute approximate surface area is 135 Å². The van der Waals surface area contributed by atoms with Crippen molar-refractivity contribution >= 4 is 0 Å². The van der Waals surface area contributed by atoms with E-state index >= 15 is 0 Å². The number of nitrogens with zero attached hydrogens (tertiary/aromatic N) is 2. The topological polar surface area (TPSA) is 27.0 Å². The summed E-state index contributed by atoms with van der Waals surface area (Å²) >= 11 is 0. The second kappa shape index (κ2) is 8.35. The van der Waals surface area contributed by atoms with E-state index in [1.807, 2.05) is 0 Å². The van der Waals surface area contributed by atoms with Crippen LogP contribution in [0, 0.1) is 17.2 Å². The van der Waals surface area contributed by atoms with Crippen molar-refractivity contribution in [3.63, 3.8) is 0 Å². The van der Waals surface area contributed by atoms with Gasteiger partial charge in [-0.2, -0.15) is 18.4 Å². The molecule has 0 amide bonds. The van der Waals surface area contributed by atoms with E-state index in [2.05, 4.69) is 11.0 Å². The molecule has 0 N–H and O–H groups in total. The van der Waals surface area contributed by atoms with Crippen LogP contribution in [0.1, 0.15) is 43.2 Å². The third-order valence-electron chi connectivity index (χ3n) is 4.51. The maximum Gasteiger partial charge on any atom is 0.416 e. The molecule has 0 radical (unpaired) electrons. The van der Waals surface area contributed by atoms with Crippen molar-refractivity contribution < 1.29 is 13.2 Å². The van der Waals surface area contributed by atoms with Crippen LogP contribution in [0.2, 0.25) is 0 Å². The second-order valence-electron chi connectivity index (χ2n) is 6.26. The van der Waals surface area contributed by atoms with E-state index in [0.29, 0.717) is 24.3 Å². The molecule has 0 aliphatic carbocycles. The molecule has 126 valence electrons. The summed E-state index contributed by atoms with van der Waals surface area (Å²) < 4.78 is 39.0.